The molecule has 252 valence electrons. The molecule has 0 aromatic heterocycles. The Labute approximate surface area is 270 Å². The summed E-state index contributed by atoms with van der Waals surface area (Å²) in [4.78, 5) is 30.4. The summed E-state index contributed by atoms with van der Waals surface area (Å²) in [6.45, 7) is 12.7. The lowest BCUT2D eigenvalue weighted by molar-refractivity contribution is -0.191. The van der Waals surface area contributed by atoms with Crippen LogP contribution < -0.4 is 4.74 Å². The van der Waals surface area contributed by atoms with Gasteiger partial charge in [0, 0.05) is 44.4 Å². The monoisotopic (exact) mass is 644 g/mol. The topological polar surface area (TPSA) is 68.3 Å². The number of likely N-dealkylation sites (tertiary alicyclic amines) is 2. The van der Waals surface area contributed by atoms with E-state index >= 15 is 0 Å². The minimum Gasteiger partial charge on any atom is -0.488 e. The van der Waals surface area contributed by atoms with Crippen LogP contribution in [-0.2, 0) is 32.5 Å². The first-order valence-corrected chi connectivity index (χ1v) is 16.4. The molecule has 0 radical (unpaired) electrons. The number of esters is 1. The second-order valence-electron chi connectivity index (χ2n) is 14.3. The van der Waals surface area contributed by atoms with E-state index in [9.17, 15) is 22.8 Å². The maximum Gasteiger partial charge on any atom is 0.419 e. The summed E-state index contributed by atoms with van der Waals surface area (Å²) < 4.78 is 61.6. The largest absolute Gasteiger partial charge is 0.488 e. The molecule has 5 rings (SSSR count). The van der Waals surface area contributed by atoms with Gasteiger partial charge in [-0.2, -0.15) is 13.2 Å². The summed E-state index contributed by atoms with van der Waals surface area (Å²) in [5.74, 6) is -0.135. The van der Waals surface area contributed by atoms with Gasteiger partial charge in [-0.3, -0.25) is 9.69 Å². The van der Waals surface area contributed by atoms with E-state index in [0.29, 0.717) is 49.4 Å². The van der Waals surface area contributed by atoms with Crippen molar-refractivity contribution in [3.63, 3.8) is 0 Å². The molecule has 3 unspecified atom stereocenters. The number of fused-ring (bicyclic) bond motifs is 1. The Balaban J connectivity index is 1.65. The van der Waals surface area contributed by atoms with Crippen molar-refractivity contribution in [2.45, 2.75) is 109 Å². The van der Waals surface area contributed by atoms with Crippen molar-refractivity contribution in [1.82, 2.24) is 9.80 Å². The van der Waals surface area contributed by atoms with Crippen molar-refractivity contribution in [1.29, 1.82) is 0 Å². The van der Waals surface area contributed by atoms with Crippen molar-refractivity contribution in [2.24, 2.45) is 5.92 Å². The van der Waals surface area contributed by atoms with Crippen LogP contribution in [0.1, 0.15) is 89.0 Å². The predicted octanol–water partition coefficient (Wildman–Crippen LogP) is 7.67. The van der Waals surface area contributed by atoms with Gasteiger partial charge in [0.25, 0.3) is 0 Å². The number of alkyl halides is 3. The zero-order valence-corrected chi connectivity index (χ0v) is 27.8. The molecule has 2 saturated heterocycles. The summed E-state index contributed by atoms with van der Waals surface area (Å²) in [7, 11) is 0. The van der Waals surface area contributed by atoms with Gasteiger partial charge in [0.2, 0.25) is 0 Å². The Morgan fingerprint density at radius 1 is 0.978 bits per heavy atom. The van der Waals surface area contributed by atoms with Gasteiger partial charge in [0.05, 0.1) is 5.56 Å². The maximum absolute atomic E-state index is 14.5. The molecule has 2 heterocycles. The molecule has 2 aliphatic heterocycles. The third-order valence-corrected chi connectivity index (χ3v) is 9.97. The van der Waals surface area contributed by atoms with Crippen LogP contribution >= 0.6 is 0 Å². The summed E-state index contributed by atoms with van der Waals surface area (Å²) in [6, 6.07) is 11.5. The summed E-state index contributed by atoms with van der Waals surface area (Å²) in [6.07, 6.45) is -1.55. The van der Waals surface area contributed by atoms with Gasteiger partial charge >= 0.3 is 18.2 Å². The summed E-state index contributed by atoms with van der Waals surface area (Å²) in [5, 5.41) is 0. The number of halogens is 3. The molecule has 0 bridgehead atoms. The zero-order chi connectivity index (χ0) is 33.5. The number of nitrogens with zero attached hydrogens (tertiary/aromatic N) is 2. The number of carbonyl (C=O) groups excluding carboxylic acids is 2. The number of carbonyl (C=O) groups is 2. The van der Waals surface area contributed by atoms with Crippen molar-refractivity contribution in [2.75, 3.05) is 26.2 Å². The SMILES string of the molecule is CC(=O)OC12CCN(C(=O)OC(C)(C)C)CCC1(c1cc(OCc3ccccc3)c(C(F)(F)F)cc1C)CCN(CC1CC1)C2C. The first kappa shape index (κ1) is 34.1. The maximum atomic E-state index is 14.5. The highest BCUT2D eigenvalue weighted by atomic mass is 19.4. The smallest absolute Gasteiger partial charge is 0.419 e. The van der Waals surface area contributed by atoms with Gasteiger partial charge in [0.1, 0.15) is 23.6 Å². The van der Waals surface area contributed by atoms with Gasteiger partial charge in [-0.1, -0.05) is 30.3 Å². The first-order valence-electron chi connectivity index (χ1n) is 16.4. The lowest BCUT2D eigenvalue weighted by Crippen LogP contribution is -2.69. The zero-order valence-electron chi connectivity index (χ0n) is 27.8. The molecule has 2 aromatic rings. The highest BCUT2D eigenvalue weighted by Gasteiger charge is 2.63. The molecule has 3 atom stereocenters. The normalized spacial score (nSPS) is 25.8. The van der Waals surface area contributed by atoms with Crippen LogP contribution in [0.3, 0.4) is 0 Å². The fourth-order valence-corrected chi connectivity index (χ4v) is 7.62. The standard InChI is InChI=1S/C36H47F3N2O5/c1-24-20-30(36(37,38)39)31(44-23-28-10-8-7-9-11-28)21-29(24)34-14-17-40(32(43)46-33(4,5)6)19-16-35(34,45-26(3)42)25(2)41(18-15-34)22-27-12-13-27/h7-11,20-21,25,27H,12-19,22-23H2,1-6H3. The Hall–Kier alpha value is -3.27. The van der Waals surface area contributed by atoms with Crippen molar-refractivity contribution in [3.05, 3.63) is 64.7 Å². The fourth-order valence-electron chi connectivity index (χ4n) is 7.62. The molecule has 7 nitrogen and oxygen atoms in total. The van der Waals surface area contributed by atoms with Crippen LogP contribution in [-0.4, -0.2) is 65.3 Å². The van der Waals surface area contributed by atoms with E-state index in [1.54, 1.807) is 24.0 Å². The molecule has 2 aromatic carbocycles. The third kappa shape index (κ3) is 7.02. The van der Waals surface area contributed by atoms with E-state index in [1.165, 1.54) is 19.1 Å². The molecule has 3 aliphatic rings. The van der Waals surface area contributed by atoms with E-state index in [1.807, 2.05) is 39.0 Å². The number of ether oxygens (including phenoxy) is 3. The van der Waals surface area contributed by atoms with Gasteiger partial charge in [-0.25, -0.2) is 4.79 Å². The van der Waals surface area contributed by atoms with Crippen molar-refractivity contribution >= 4 is 12.1 Å². The van der Waals surface area contributed by atoms with E-state index in [4.69, 9.17) is 14.2 Å². The van der Waals surface area contributed by atoms with Crippen molar-refractivity contribution < 1.29 is 37.0 Å². The average molecular weight is 645 g/mol. The van der Waals surface area contributed by atoms with Crippen LogP contribution in [0.25, 0.3) is 0 Å². The van der Waals surface area contributed by atoms with Crippen molar-refractivity contribution in [3.8, 4) is 5.75 Å². The fraction of sp³-hybridized carbons (Fsp3) is 0.611. The second kappa shape index (κ2) is 12.7. The van der Waals surface area contributed by atoms with Crippen LogP contribution in [0.4, 0.5) is 18.0 Å². The number of amides is 1. The Bertz CT molecular complexity index is 1420. The highest BCUT2D eigenvalue weighted by molar-refractivity contribution is 5.69. The molecule has 3 fully saturated rings. The minimum absolute atomic E-state index is 0.0352. The Kier molecular flexibility index (Phi) is 9.43. The average Bonchev–Trinajstić information content (AvgIpc) is 3.80. The summed E-state index contributed by atoms with van der Waals surface area (Å²) >= 11 is 0. The lowest BCUT2D eigenvalue weighted by atomic mass is 9.56. The van der Waals surface area contributed by atoms with E-state index in [2.05, 4.69) is 11.8 Å². The Morgan fingerprint density at radius 3 is 2.24 bits per heavy atom. The summed E-state index contributed by atoms with van der Waals surface area (Å²) in [5.41, 5.74) is -1.71. The molecule has 46 heavy (non-hydrogen) atoms. The number of hydrogen-bond donors (Lipinski definition) is 0. The van der Waals surface area contributed by atoms with E-state index in [-0.39, 0.29) is 24.9 Å². The van der Waals surface area contributed by atoms with Crippen LogP contribution in [0.15, 0.2) is 42.5 Å². The van der Waals surface area contributed by atoms with Crippen LogP contribution in [0.5, 0.6) is 5.75 Å². The van der Waals surface area contributed by atoms with Gasteiger partial charge in [0.15, 0.2) is 0 Å². The quantitative estimate of drug-likeness (QED) is 0.288. The number of piperidine rings is 1. The molecule has 10 heteroatoms. The Morgan fingerprint density at radius 2 is 1.63 bits per heavy atom. The van der Waals surface area contributed by atoms with E-state index < -0.39 is 40.4 Å². The number of rotatable bonds is 7. The van der Waals surface area contributed by atoms with Crippen LogP contribution in [0.2, 0.25) is 0 Å². The highest BCUT2D eigenvalue weighted by Crippen LogP contribution is 2.56. The van der Waals surface area contributed by atoms with E-state index in [0.717, 1.165) is 24.9 Å². The predicted molar refractivity (Wildman–Crippen MR) is 169 cm³/mol. The van der Waals surface area contributed by atoms with Gasteiger partial charge < -0.3 is 19.1 Å². The molecular weight excluding hydrogens is 597 g/mol. The number of hydrogen-bond acceptors (Lipinski definition) is 6. The lowest BCUT2D eigenvalue weighted by Gasteiger charge is -2.59. The molecule has 0 spiro atoms. The minimum atomic E-state index is -4.64. The number of aryl methyl sites for hydroxylation is 1. The van der Waals surface area contributed by atoms with Crippen LogP contribution in [0, 0.1) is 12.8 Å². The third-order valence-electron chi connectivity index (χ3n) is 9.97. The molecular formula is C36H47F3N2O5. The van der Waals surface area contributed by atoms with Gasteiger partial charge in [-0.15, -0.1) is 0 Å². The first-order chi connectivity index (χ1) is 21.5. The molecule has 1 amide bonds. The second-order valence-corrected chi connectivity index (χ2v) is 14.3. The number of benzene rings is 2. The van der Waals surface area contributed by atoms with Gasteiger partial charge in [-0.05, 0) is 102 Å². The molecule has 1 saturated carbocycles. The molecule has 1 aliphatic carbocycles. The molecule has 0 N–H and O–H groups in total.